The molecule has 0 heterocycles. The molecule has 0 amide bonds. The summed E-state index contributed by atoms with van der Waals surface area (Å²) in [6, 6.07) is 9.65. The fourth-order valence-electron chi connectivity index (χ4n) is 1.38. The predicted octanol–water partition coefficient (Wildman–Crippen LogP) is 5.77. The molecule has 0 aliphatic carbocycles. The average Bonchev–Trinajstić information content (AvgIpc) is 2.33. The van der Waals surface area contributed by atoms with Crippen LogP contribution in [0.1, 0.15) is 5.56 Å². The molecule has 0 aromatic heterocycles. The third-order valence-electron chi connectivity index (χ3n) is 2.29. The number of benzene rings is 2. The minimum Gasteiger partial charge on any atom is -0.454 e. The van der Waals surface area contributed by atoms with Crippen molar-refractivity contribution in [3.05, 3.63) is 57.3 Å². The topological polar surface area (TPSA) is 9.23 Å². The van der Waals surface area contributed by atoms with E-state index >= 15 is 0 Å². The molecule has 5 heteroatoms. The van der Waals surface area contributed by atoms with Gasteiger partial charge in [-0.05, 0) is 35.9 Å². The Morgan fingerprint density at radius 2 is 1.94 bits per heavy atom. The van der Waals surface area contributed by atoms with Crippen LogP contribution in [0, 0.1) is 5.82 Å². The monoisotopic (exact) mass is 348 g/mol. The summed E-state index contributed by atoms with van der Waals surface area (Å²) in [6.45, 7) is 0. The van der Waals surface area contributed by atoms with Gasteiger partial charge in [0, 0.05) is 15.4 Å². The van der Waals surface area contributed by atoms with Crippen LogP contribution in [0.4, 0.5) is 4.39 Å². The van der Waals surface area contributed by atoms with Crippen molar-refractivity contribution in [1.82, 2.24) is 0 Å². The number of hydrogen-bond donors (Lipinski definition) is 0. The lowest BCUT2D eigenvalue weighted by Crippen LogP contribution is -1.89. The van der Waals surface area contributed by atoms with Crippen molar-refractivity contribution in [3.63, 3.8) is 0 Å². The van der Waals surface area contributed by atoms with Crippen LogP contribution in [0.25, 0.3) is 0 Å². The van der Waals surface area contributed by atoms with Gasteiger partial charge >= 0.3 is 0 Å². The zero-order valence-corrected chi connectivity index (χ0v) is 12.2. The van der Waals surface area contributed by atoms with E-state index in [-0.39, 0.29) is 5.75 Å². The van der Waals surface area contributed by atoms with Crippen molar-refractivity contribution in [2.75, 3.05) is 0 Å². The Balaban J connectivity index is 2.26. The van der Waals surface area contributed by atoms with Gasteiger partial charge in [-0.2, -0.15) is 0 Å². The zero-order chi connectivity index (χ0) is 13.1. The van der Waals surface area contributed by atoms with E-state index in [1.54, 1.807) is 30.3 Å². The second kappa shape index (κ2) is 5.91. The van der Waals surface area contributed by atoms with E-state index in [4.69, 9.17) is 27.9 Å². The van der Waals surface area contributed by atoms with Crippen LogP contribution in [0.3, 0.4) is 0 Å². The highest BCUT2D eigenvalue weighted by Gasteiger charge is 2.07. The molecule has 18 heavy (non-hydrogen) atoms. The minimum atomic E-state index is -0.443. The number of ether oxygens (including phenoxy) is 1. The summed E-state index contributed by atoms with van der Waals surface area (Å²) in [4.78, 5) is 0. The van der Waals surface area contributed by atoms with E-state index in [1.807, 2.05) is 0 Å². The molecule has 1 nitrogen and oxygen atoms in total. The summed E-state index contributed by atoms with van der Waals surface area (Å²) in [5.74, 6) is 0.496. The van der Waals surface area contributed by atoms with Crippen molar-refractivity contribution < 1.29 is 9.13 Å². The summed E-state index contributed by atoms with van der Waals surface area (Å²) in [6.07, 6.45) is 0. The Kier molecular flexibility index (Phi) is 4.49. The van der Waals surface area contributed by atoms with Crippen molar-refractivity contribution in [3.8, 4) is 11.5 Å². The van der Waals surface area contributed by atoms with Gasteiger partial charge in [0.25, 0.3) is 0 Å². The number of halogens is 4. The molecule has 0 fully saturated rings. The fraction of sp³-hybridized carbons (Fsp3) is 0.0769. The maximum Gasteiger partial charge on any atom is 0.166 e. The van der Waals surface area contributed by atoms with Crippen LogP contribution in [0.15, 0.2) is 40.9 Å². The smallest absolute Gasteiger partial charge is 0.166 e. The lowest BCUT2D eigenvalue weighted by atomic mass is 10.2. The Morgan fingerprint density at radius 1 is 1.17 bits per heavy atom. The van der Waals surface area contributed by atoms with Crippen LogP contribution in [-0.4, -0.2) is 0 Å². The van der Waals surface area contributed by atoms with E-state index in [2.05, 4.69) is 15.9 Å². The lowest BCUT2D eigenvalue weighted by molar-refractivity contribution is 0.442. The molecule has 2 aromatic rings. The Hall–Kier alpha value is -0.770. The molecule has 0 spiro atoms. The molecule has 2 aromatic carbocycles. The van der Waals surface area contributed by atoms with Crippen LogP contribution in [0.2, 0.25) is 5.02 Å². The van der Waals surface area contributed by atoms with Gasteiger partial charge in [-0.3, -0.25) is 0 Å². The van der Waals surface area contributed by atoms with Crippen LogP contribution in [0.5, 0.6) is 11.5 Å². The van der Waals surface area contributed by atoms with Crippen molar-refractivity contribution >= 4 is 39.1 Å². The van der Waals surface area contributed by atoms with Gasteiger partial charge in [0.1, 0.15) is 5.75 Å². The maximum absolute atomic E-state index is 13.6. The predicted molar refractivity (Wildman–Crippen MR) is 75.2 cm³/mol. The molecular weight excluding hydrogens is 342 g/mol. The highest BCUT2D eigenvalue weighted by molar-refractivity contribution is 9.10. The molecule has 0 saturated heterocycles. The summed E-state index contributed by atoms with van der Waals surface area (Å²) >= 11 is 14.9. The molecule has 0 bridgehead atoms. The van der Waals surface area contributed by atoms with Crippen molar-refractivity contribution in [2.45, 2.75) is 5.88 Å². The summed E-state index contributed by atoms with van der Waals surface area (Å²) in [7, 11) is 0. The first kappa shape index (κ1) is 13.7. The molecule has 0 saturated carbocycles. The first-order valence-corrected chi connectivity index (χ1v) is 6.78. The fourth-order valence-corrected chi connectivity index (χ4v) is 2.26. The molecule has 0 aliphatic heterocycles. The number of hydrogen-bond acceptors (Lipinski definition) is 1. The number of rotatable bonds is 3. The Bertz CT molecular complexity index is 575. The number of alkyl halides is 1. The molecular formula is C13H8BrCl2FO. The van der Waals surface area contributed by atoms with Gasteiger partial charge < -0.3 is 4.74 Å². The highest BCUT2D eigenvalue weighted by Crippen LogP contribution is 2.30. The first-order chi connectivity index (χ1) is 8.60. The van der Waals surface area contributed by atoms with Gasteiger partial charge in [-0.25, -0.2) is 4.39 Å². The van der Waals surface area contributed by atoms with Crippen molar-refractivity contribution in [2.24, 2.45) is 0 Å². The van der Waals surface area contributed by atoms with E-state index < -0.39 is 5.82 Å². The average molecular weight is 350 g/mol. The van der Waals surface area contributed by atoms with Gasteiger partial charge in [-0.15, -0.1) is 11.6 Å². The zero-order valence-electron chi connectivity index (χ0n) is 9.09. The normalized spacial score (nSPS) is 10.4. The van der Waals surface area contributed by atoms with E-state index in [0.29, 0.717) is 21.1 Å². The second-order valence-electron chi connectivity index (χ2n) is 3.56. The molecule has 94 valence electrons. The Labute approximate surface area is 123 Å². The van der Waals surface area contributed by atoms with Gasteiger partial charge in [-0.1, -0.05) is 33.6 Å². The van der Waals surface area contributed by atoms with Gasteiger partial charge in [0.05, 0.1) is 0 Å². The van der Waals surface area contributed by atoms with Crippen LogP contribution >= 0.6 is 39.1 Å². The van der Waals surface area contributed by atoms with Gasteiger partial charge in [0.15, 0.2) is 11.6 Å². The van der Waals surface area contributed by atoms with Crippen molar-refractivity contribution in [1.29, 1.82) is 0 Å². The van der Waals surface area contributed by atoms with Crippen LogP contribution < -0.4 is 4.74 Å². The second-order valence-corrected chi connectivity index (χ2v) is 5.15. The van der Waals surface area contributed by atoms with E-state index in [1.165, 1.54) is 6.07 Å². The molecule has 0 unspecified atom stereocenters. The summed E-state index contributed by atoms with van der Waals surface area (Å²) in [5.41, 5.74) is 0.807. The first-order valence-electron chi connectivity index (χ1n) is 5.07. The lowest BCUT2D eigenvalue weighted by Gasteiger charge is -2.08. The largest absolute Gasteiger partial charge is 0.454 e. The third kappa shape index (κ3) is 3.16. The van der Waals surface area contributed by atoms with E-state index in [0.717, 1.165) is 5.56 Å². The molecule has 2 rings (SSSR count). The quantitative estimate of drug-likeness (QED) is 0.639. The van der Waals surface area contributed by atoms with Crippen LogP contribution in [-0.2, 0) is 5.88 Å². The SMILES string of the molecule is Fc1cc(Br)ccc1Oc1ccc(CCl)c(Cl)c1. The molecule has 0 N–H and O–H groups in total. The minimum absolute atomic E-state index is 0.146. The third-order valence-corrected chi connectivity index (χ3v) is 3.42. The molecule has 0 atom stereocenters. The van der Waals surface area contributed by atoms with Gasteiger partial charge in [0.2, 0.25) is 0 Å². The highest BCUT2D eigenvalue weighted by atomic mass is 79.9. The summed E-state index contributed by atoms with van der Waals surface area (Å²) in [5, 5.41) is 0.500. The maximum atomic E-state index is 13.6. The molecule has 0 radical (unpaired) electrons. The van der Waals surface area contributed by atoms with E-state index in [9.17, 15) is 4.39 Å². The standard InChI is InChI=1S/C13H8BrCl2FO/c14-9-2-4-13(12(17)5-9)18-10-3-1-8(7-15)11(16)6-10/h1-6H,7H2. The summed E-state index contributed by atoms with van der Waals surface area (Å²) < 4.78 is 19.6. The Morgan fingerprint density at radius 3 is 2.56 bits per heavy atom. The molecule has 0 aliphatic rings.